The van der Waals surface area contributed by atoms with Crippen molar-refractivity contribution in [2.45, 2.75) is 52.9 Å². The largest absolute Gasteiger partial charge is 0.304 e. The highest BCUT2D eigenvalue weighted by atomic mass is 15.1. The van der Waals surface area contributed by atoms with Crippen LogP contribution in [0.4, 0.5) is 0 Å². The molecule has 0 aromatic carbocycles. The third kappa shape index (κ3) is 8.29. The van der Waals surface area contributed by atoms with Crippen molar-refractivity contribution in [1.29, 1.82) is 0 Å². The fraction of sp³-hybridized carbons (Fsp3) is 0.917. The van der Waals surface area contributed by atoms with E-state index in [0.29, 0.717) is 0 Å². The van der Waals surface area contributed by atoms with E-state index in [1.54, 1.807) is 0 Å². The fourth-order valence-electron chi connectivity index (χ4n) is 1.49. The number of nitrogens with zero attached hydrogens (tertiary/aromatic N) is 1. The number of hydrogen-bond acceptors (Lipinski definition) is 1. The molecule has 0 N–H and O–H groups in total. The van der Waals surface area contributed by atoms with Gasteiger partial charge in [-0.3, -0.25) is 0 Å². The van der Waals surface area contributed by atoms with Gasteiger partial charge >= 0.3 is 0 Å². The van der Waals surface area contributed by atoms with E-state index < -0.39 is 0 Å². The zero-order valence-corrected chi connectivity index (χ0v) is 9.68. The molecule has 13 heavy (non-hydrogen) atoms. The van der Waals surface area contributed by atoms with Gasteiger partial charge in [0, 0.05) is 0 Å². The second-order valence-electron chi connectivity index (χ2n) is 3.60. The van der Waals surface area contributed by atoms with Crippen molar-refractivity contribution < 1.29 is 0 Å². The molecule has 0 heterocycles. The molecular weight excluding hydrogens is 158 g/mol. The van der Waals surface area contributed by atoms with Gasteiger partial charge in [0.15, 0.2) is 0 Å². The van der Waals surface area contributed by atoms with Crippen LogP contribution in [-0.4, -0.2) is 24.5 Å². The minimum Gasteiger partial charge on any atom is -0.304 e. The summed E-state index contributed by atoms with van der Waals surface area (Å²) in [5.74, 6) is 0. The molecule has 1 heteroatoms. The van der Waals surface area contributed by atoms with Crippen LogP contribution in [0.5, 0.6) is 0 Å². The van der Waals surface area contributed by atoms with Crippen LogP contribution < -0.4 is 0 Å². The standard InChI is InChI=1S/C12H26N/c1-4-7-8-9-10-11-12-13(5-2)6-3/h9H,4-8,10-12H2,1-3H3. The van der Waals surface area contributed by atoms with E-state index in [1.165, 1.54) is 51.7 Å². The highest BCUT2D eigenvalue weighted by molar-refractivity contribution is 4.65. The van der Waals surface area contributed by atoms with Crippen molar-refractivity contribution in [3.8, 4) is 0 Å². The smallest absolute Gasteiger partial charge is 0.00189 e. The quantitative estimate of drug-likeness (QED) is 0.496. The predicted molar refractivity (Wildman–Crippen MR) is 60.8 cm³/mol. The molecule has 0 aliphatic heterocycles. The highest BCUT2D eigenvalue weighted by Gasteiger charge is 1.97. The van der Waals surface area contributed by atoms with Crippen molar-refractivity contribution in [1.82, 2.24) is 4.90 Å². The average Bonchev–Trinajstić information content (AvgIpc) is 2.17. The maximum atomic E-state index is 2.49. The van der Waals surface area contributed by atoms with Crippen LogP contribution in [0.15, 0.2) is 0 Å². The molecule has 0 rings (SSSR count). The van der Waals surface area contributed by atoms with E-state index in [4.69, 9.17) is 0 Å². The van der Waals surface area contributed by atoms with Crippen LogP contribution >= 0.6 is 0 Å². The maximum Gasteiger partial charge on any atom is -0.00189 e. The first kappa shape index (κ1) is 13.0. The van der Waals surface area contributed by atoms with Gasteiger partial charge in [-0.1, -0.05) is 40.0 Å². The van der Waals surface area contributed by atoms with Gasteiger partial charge < -0.3 is 4.90 Å². The van der Waals surface area contributed by atoms with Gasteiger partial charge in [0.25, 0.3) is 0 Å². The second kappa shape index (κ2) is 10.0. The summed E-state index contributed by atoms with van der Waals surface area (Å²) in [7, 11) is 0. The van der Waals surface area contributed by atoms with Crippen LogP contribution in [0.3, 0.4) is 0 Å². The molecule has 0 unspecified atom stereocenters. The third-order valence-corrected chi connectivity index (χ3v) is 2.54. The van der Waals surface area contributed by atoms with Crippen molar-refractivity contribution in [3.05, 3.63) is 6.42 Å². The summed E-state index contributed by atoms with van der Waals surface area (Å²) in [6, 6.07) is 0. The van der Waals surface area contributed by atoms with Gasteiger partial charge in [0.2, 0.25) is 0 Å². The lowest BCUT2D eigenvalue weighted by molar-refractivity contribution is 0.299. The first-order chi connectivity index (χ1) is 6.35. The summed E-state index contributed by atoms with van der Waals surface area (Å²) >= 11 is 0. The van der Waals surface area contributed by atoms with E-state index in [9.17, 15) is 0 Å². The Morgan fingerprint density at radius 3 is 2.08 bits per heavy atom. The Balaban J connectivity index is 3.05. The first-order valence-corrected chi connectivity index (χ1v) is 5.89. The normalized spacial score (nSPS) is 11.1. The van der Waals surface area contributed by atoms with Crippen molar-refractivity contribution >= 4 is 0 Å². The van der Waals surface area contributed by atoms with E-state index in [1.807, 2.05) is 0 Å². The van der Waals surface area contributed by atoms with E-state index in [0.717, 1.165) is 0 Å². The summed E-state index contributed by atoms with van der Waals surface area (Å²) in [4.78, 5) is 2.49. The molecule has 0 bridgehead atoms. The summed E-state index contributed by atoms with van der Waals surface area (Å²) in [5.41, 5.74) is 0. The van der Waals surface area contributed by atoms with E-state index in [2.05, 4.69) is 32.1 Å². The summed E-state index contributed by atoms with van der Waals surface area (Å²) in [6.07, 6.45) is 9.10. The Hall–Kier alpha value is -0.0400. The van der Waals surface area contributed by atoms with Crippen LogP contribution in [0, 0.1) is 6.42 Å². The molecular formula is C12H26N. The third-order valence-electron chi connectivity index (χ3n) is 2.54. The Labute approximate surface area is 84.5 Å². The molecule has 79 valence electrons. The summed E-state index contributed by atoms with van der Waals surface area (Å²) in [6.45, 7) is 10.4. The lowest BCUT2D eigenvalue weighted by Crippen LogP contribution is -2.23. The minimum absolute atomic E-state index is 1.20. The van der Waals surface area contributed by atoms with Gasteiger partial charge in [-0.2, -0.15) is 0 Å². The van der Waals surface area contributed by atoms with Crippen LogP contribution in [0.25, 0.3) is 0 Å². The van der Waals surface area contributed by atoms with Crippen LogP contribution in [0.2, 0.25) is 0 Å². The Kier molecular flexibility index (Phi) is 10.0. The molecule has 0 aliphatic rings. The molecule has 0 aromatic rings. The molecule has 0 fully saturated rings. The molecule has 1 nitrogen and oxygen atoms in total. The highest BCUT2D eigenvalue weighted by Crippen LogP contribution is 2.04. The summed E-state index contributed by atoms with van der Waals surface area (Å²) < 4.78 is 0. The van der Waals surface area contributed by atoms with Gasteiger partial charge in [-0.05, 0) is 38.9 Å². The Morgan fingerprint density at radius 2 is 1.54 bits per heavy atom. The van der Waals surface area contributed by atoms with Gasteiger partial charge in [0.1, 0.15) is 0 Å². The maximum absolute atomic E-state index is 2.49. The summed E-state index contributed by atoms with van der Waals surface area (Å²) in [5, 5.41) is 0. The van der Waals surface area contributed by atoms with E-state index >= 15 is 0 Å². The first-order valence-electron chi connectivity index (χ1n) is 5.89. The molecule has 0 saturated carbocycles. The van der Waals surface area contributed by atoms with Crippen molar-refractivity contribution in [2.24, 2.45) is 0 Å². The number of rotatable bonds is 9. The second-order valence-corrected chi connectivity index (χ2v) is 3.60. The molecule has 0 saturated heterocycles. The zero-order chi connectivity index (χ0) is 9.94. The van der Waals surface area contributed by atoms with Crippen molar-refractivity contribution in [3.63, 3.8) is 0 Å². The van der Waals surface area contributed by atoms with Crippen LogP contribution in [-0.2, 0) is 0 Å². The molecule has 0 spiro atoms. The topological polar surface area (TPSA) is 3.24 Å². The van der Waals surface area contributed by atoms with Gasteiger partial charge in [-0.25, -0.2) is 0 Å². The number of hydrogen-bond donors (Lipinski definition) is 0. The minimum atomic E-state index is 1.20. The molecule has 0 aliphatic carbocycles. The van der Waals surface area contributed by atoms with Gasteiger partial charge in [-0.15, -0.1) is 0 Å². The predicted octanol–water partition coefficient (Wildman–Crippen LogP) is 3.50. The monoisotopic (exact) mass is 184 g/mol. The fourth-order valence-corrected chi connectivity index (χ4v) is 1.49. The lowest BCUT2D eigenvalue weighted by Gasteiger charge is -2.17. The van der Waals surface area contributed by atoms with Crippen molar-refractivity contribution in [2.75, 3.05) is 19.6 Å². The molecule has 1 radical (unpaired) electrons. The zero-order valence-electron chi connectivity index (χ0n) is 9.68. The average molecular weight is 184 g/mol. The lowest BCUT2D eigenvalue weighted by atomic mass is 10.1. The molecule has 0 atom stereocenters. The van der Waals surface area contributed by atoms with Crippen LogP contribution in [0.1, 0.15) is 52.9 Å². The molecule has 0 aromatic heterocycles. The SMILES string of the molecule is CCCC[CH]CCCN(CC)CC. The van der Waals surface area contributed by atoms with E-state index in [-0.39, 0.29) is 0 Å². The Morgan fingerprint density at radius 1 is 0.923 bits per heavy atom. The Bertz CT molecular complexity index is 87.1. The number of unbranched alkanes of at least 4 members (excludes halogenated alkanes) is 5. The molecule has 0 amide bonds. The van der Waals surface area contributed by atoms with Gasteiger partial charge in [0.05, 0.1) is 0 Å².